The van der Waals surface area contributed by atoms with E-state index in [0.29, 0.717) is 0 Å². The van der Waals surface area contributed by atoms with Crippen molar-refractivity contribution in [3.05, 3.63) is 101 Å². The summed E-state index contributed by atoms with van der Waals surface area (Å²) in [4.78, 5) is 0. The molecule has 0 aliphatic carbocycles. The summed E-state index contributed by atoms with van der Waals surface area (Å²) in [5, 5.41) is 4.99. The quantitative estimate of drug-likeness (QED) is 0.190. The number of hydrogen-bond acceptors (Lipinski definition) is 1. The molecule has 0 amide bonds. The van der Waals surface area contributed by atoms with Crippen LogP contribution in [-0.4, -0.2) is 15.7 Å². The second-order valence-electron chi connectivity index (χ2n) is 12.5. The molecule has 0 unspecified atom stereocenters. The maximum Gasteiger partial charge on any atom is 0.251 e. The number of hydrogen-bond donors (Lipinski definition) is 0. The number of rotatable bonds is 0. The highest BCUT2D eigenvalue weighted by atomic mass is 16.3. The van der Waals surface area contributed by atoms with Crippen molar-refractivity contribution in [1.82, 2.24) is 8.97 Å². The number of benzene rings is 5. The molecule has 4 heteroatoms. The second kappa shape index (κ2) is 6.95. The van der Waals surface area contributed by atoms with Crippen LogP contribution in [-0.2, 0) is 0 Å². The zero-order valence-electron chi connectivity index (χ0n) is 23.8. The van der Waals surface area contributed by atoms with Gasteiger partial charge in [0.05, 0.1) is 11.0 Å². The summed E-state index contributed by atoms with van der Waals surface area (Å²) in [6, 6.07) is 27.4. The number of aryl methyl sites for hydroxylation is 5. The SMILES string of the molecule is Cc1cc(C)c2c(c1)B1c3c-2cc(C)cc3-n2c3c(C)cc(C)cc3n3c4oc5ccc6ccccc6c5c4c1c23. The molecule has 0 spiro atoms. The minimum Gasteiger partial charge on any atom is -0.439 e. The van der Waals surface area contributed by atoms with Crippen LogP contribution in [0.4, 0.5) is 0 Å². The van der Waals surface area contributed by atoms with Crippen LogP contribution in [0.1, 0.15) is 27.8 Å². The van der Waals surface area contributed by atoms with E-state index < -0.39 is 0 Å². The van der Waals surface area contributed by atoms with Crippen LogP contribution in [0, 0.1) is 34.6 Å². The highest BCUT2D eigenvalue weighted by Gasteiger charge is 2.45. The van der Waals surface area contributed by atoms with Crippen molar-refractivity contribution in [2.45, 2.75) is 34.6 Å². The lowest BCUT2D eigenvalue weighted by molar-refractivity contribution is 0.651. The highest BCUT2D eigenvalue weighted by Crippen LogP contribution is 2.43. The molecule has 0 saturated heterocycles. The van der Waals surface area contributed by atoms with Crippen LogP contribution in [0.5, 0.6) is 0 Å². The van der Waals surface area contributed by atoms with Crippen molar-refractivity contribution in [1.29, 1.82) is 0 Å². The van der Waals surface area contributed by atoms with Gasteiger partial charge in [0.15, 0.2) is 0 Å². The van der Waals surface area contributed by atoms with Gasteiger partial charge in [0, 0.05) is 16.5 Å². The summed E-state index contributed by atoms with van der Waals surface area (Å²) in [6.45, 7) is 11.4. The fourth-order valence-electron chi connectivity index (χ4n) is 8.57. The number of imidazole rings is 1. The number of fused-ring (bicyclic) bond motifs is 15. The van der Waals surface area contributed by atoms with Crippen LogP contribution in [0.2, 0.25) is 0 Å². The zero-order chi connectivity index (χ0) is 27.5. The molecule has 0 bridgehead atoms. The predicted molar refractivity (Wildman–Crippen MR) is 173 cm³/mol. The van der Waals surface area contributed by atoms with E-state index in [2.05, 4.69) is 116 Å². The number of nitrogens with zero attached hydrogens (tertiary/aromatic N) is 2. The largest absolute Gasteiger partial charge is 0.439 e. The van der Waals surface area contributed by atoms with Crippen molar-refractivity contribution in [3.63, 3.8) is 0 Å². The molecule has 0 radical (unpaired) electrons. The van der Waals surface area contributed by atoms with Gasteiger partial charge < -0.3 is 4.42 Å². The molecule has 8 aromatic rings. The maximum absolute atomic E-state index is 6.90. The summed E-state index contributed by atoms with van der Waals surface area (Å²) in [7, 11) is 0. The van der Waals surface area contributed by atoms with Gasteiger partial charge in [-0.15, -0.1) is 0 Å². The molecule has 194 valence electrons. The molecule has 3 aromatic heterocycles. The van der Waals surface area contributed by atoms with Crippen LogP contribution in [0.3, 0.4) is 0 Å². The first-order valence-electron chi connectivity index (χ1n) is 14.6. The molecule has 0 atom stereocenters. The molecular weight excluding hydrogens is 499 g/mol. The molecule has 0 saturated carbocycles. The minimum absolute atomic E-state index is 0.152. The fourth-order valence-corrected chi connectivity index (χ4v) is 8.57. The first-order chi connectivity index (χ1) is 19.9. The predicted octanol–water partition coefficient (Wildman–Crippen LogP) is 7.29. The van der Waals surface area contributed by atoms with Crippen molar-refractivity contribution in [2.75, 3.05) is 0 Å². The Hall–Kier alpha value is -4.70. The van der Waals surface area contributed by atoms with E-state index in [1.54, 1.807) is 0 Å². The Morgan fingerprint density at radius 1 is 0.707 bits per heavy atom. The Balaban J connectivity index is 1.55. The van der Waals surface area contributed by atoms with Crippen LogP contribution >= 0.6 is 0 Å². The molecule has 2 aliphatic heterocycles. The van der Waals surface area contributed by atoms with Gasteiger partial charge in [0.25, 0.3) is 6.71 Å². The van der Waals surface area contributed by atoms with E-state index in [1.165, 1.54) is 99.2 Å². The van der Waals surface area contributed by atoms with Gasteiger partial charge in [-0.1, -0.05) is 65.6 Å². The molecule has 3 nitrogen and oxygen atoms in total. The Kier molecular flexibility index (Phi) is 3.74. The van der Waals surface area contributed by atoms with E-state index in [1.807, 2.05) is 0 Å². The lowest BCUT2D eigenvalue weighted by Crippen LogP contribution is -2.53. The molecule has 5 aromatic carbocycles. The Bertz CT molecular complexity index is 2540. The lowest BCUT2D eigenvalue weighted by atomic mass is 9.37. The van der Waals surface area contributed by atoms with E-state index in [9.17, 15) is 0 Å². The Morgan fingerprint density at radius 2 is 1.49 bits per heavy atom. The topological polar surface area (TPSA) is 22.5 Å². The summed E-state index contributed by atoms with van der Waals surface area (Å²) in [6.07, 6.45) is 0. The zero-order valence-corrected chi connectivity index (χ0v) is 23.8. The molecule has 10 rings (SSSR count). The van der Waals surface area contributed by atoms with E-state index in [4.69, 9.17) is 4.42 Å². The van der Waals surface area contributed by atoms with Gasteiger partial charge in [0.2, 0.25) is 5.71 Å². The molecule has 0 N–H and O–H groups in total. The monoisotopic (exact) mass is 526 g/mol. The maximum atomic E-state index is 6.90. The molecule has 2 aliphatic rings. The van der Waals surface area contributed by atoms with Crippen molar-refractivity contribution in [3.8, 4) is 16.8 Å². The van der Waals surface area contributed by atoms with Crippen LogP contribution in [0.15, 0.2) is 77.2 Å². The van der Waals surface area contributed by atoms with Gasteiger partial charge in [-0.25, -0.2) is 0 Å². The fraction of sp³-hybridized carbons (Fsp3) is 0.135. The first-order valence-corrected chi connectivity index (χ1v) is 14.6. The molecule has 5 heterocycles. The summed E-state index contributed by atoms with van der Waals surface area (Å²) >= 11 is 0. The molecular formula is C37H27BN2O. The second-order valence-corrected chi connectivity index (χ2v) is 12.5. The van der Waals surface area contributed by atoms with E-state index >= 15 is 0 Å². The third-order valence-electron chi connectivity index (χ3n) is 9.80. The minimum atomic E-state index is 0.152. The van der Waals surface area contributed by atoms with Gasteiger partial charge in [-0.3, -0.25) is 8.97 Å². The highest BCUT2D eigenvalue weighted by molar-refractivity contribution is 7.02. The average molecular weight is 526 g/mol. The van der Waals surface area contributed by atoms with Crippen molar-refractivity contribution >= 4 is 72.6 Å². The number of aromatic nitrogens is 2. The Labute approximate surface area is 237 Å². The lowest BCUT2D eigenvalue weighted by Gasteiger charge is -2.23. The molecule has 0 fully saturated rings. The van der Waals surface area contributed by atoms with Crippen LogP contribution < -0.4 is 16.4 Å². The van der Waals surface area contributed by atoms with Gasteiger partial charge in [-0.2, -0.15) is 0 Å². The van der Waals surface area contributed by atoms with Gasteiger partial charge in [-0.05, 0) is 108 Å². The van der Waals surface area contributed by atoms with Crippen LogP contribution in [0.25, 0.3) is 66.3 Å². The smallest absolute Gasteiger partial charge is 0.251 e. The normalized spacial score (nSPS) is 13.4. The standard InChI is InChI=1S/C37H27BN2O/c1-18-12-21(4)30-25-14-20(3)16-27-33(25)38(26(30)15-18)34-32-31-24-9-7-6-8-23(24)10-11-29(31)41-37(32)40-28-17-19(2)13-22(5)35(28)39(27)36(34)40/h6-17H,1-5H3. The van der Waals surface area contributed by atoms with Crippen molar-refractivity contribution in [2.24, 2.45) is 0 Å². The number of furan rings is 1. The van der Waals surface area contributed by atoms with E-state index in [-0.39, 0.29) is 6.71 Å². The Morgan fingerprint density at radius 3 is 2.37 bits per heavy atom. The van der Waals surface area contributed by atoms with Gasteiger partial charge in [0.1, 0.15) is 11.2 Å². The average Bonchev–Trinajstić information content (AvgIpc) is 3.64. The van der Waals surface area contributed by atoms with E-state index in [0.717, 1.165) is 11.3 Å². The summed E-state index contributed by atoms with van der Waals surface area (Å²) < 4.78 is 11.9. The third-order valence-corrected chi connectivity index (χ3v) is 9.80. The first kappa shape index (κ1) is 22.0. The van der Waals surface area contributed by atoms with Crippen molar-refractivity contribution < 1.29 is 4.42 Å². The molecule has 41 heavy (non-hydrogen) atoms. The third kappa shape index (κ3) is 2.42. The summed E-state index contributed by atoms with van der Waals surface area (Å²) in [5.41, 5.74) is 20.5. The summed E-state index contributed by atoms with van der Waals surface area (Å²) in [5.74, 6) is 0. The van der Waals surface area contributed by atoms with Gasteiger partial charge >= 0.3 is 0 Å².